The first-order valence-corrected chi connectivity index (χ1v) is 8.83. The van der Waals surface area contributed by atoms with Gasteiger partial charge < -0.3 is 9.47 Å². The van der Waals surface area contributed by atoms with Gasteiger partial charge in [-0.25, -0.2) is 9.37 Å². The first-order valence-electron chi connectivity index (χ1n) is 8.45. The number of hydrogen-bond donors (Lipinski definition) is 0. The summed E-state index contributed by atoms with van der Waals surface area (Å²) in [5, 5.41) is 0.590. The van der Waals surface area contributed by atoms with Crippen molar-refractivity contribution in [3.63, 3.8) is 0 Å². The average Bonchev–Trinajstić information content (AvgIpc) is 3.05. The van der Waals surface area contributed by atoms with Crippen molar-refractivity contribution in [1.82, 2.24) is 9.38 Å². The van der Waals surface area contributed by atoms with Gasteiger partial charge in [0.1, 0.15) is 36.1 Å². The number of aromatic nitrogens is 2. The minimum absolute atomic E-state index is 0.297. The number of benzene rings is 2. The Morgan fingerprint density at radius 3 is 2.41 bits per heavy atom. The van der Waals surface area contributed by atoms with Gasteiger partial charge in [0, 0.05) is 11.8 Å². The summed E-state index contributed by atoms with van der Waals surface area (Å²) in [7, 11) is 0. The van der Waals surface area contributed by atoms with Gasteiger partial charge in [-0.1, -0.05) is 41.9 Å². The van der Waals surface area contributed by atoms with Crippen molar-refractivity contribution in [3.8, 4) is 22.9 Å². The molecule has 4 nitrogen and oxygen atoms in total. The molecule has 0 N–H and O–H groups in total. The second-order valence-corrected chi connectivity index (χ2v) is 6.29. The smallest absolute Gasteiger partial charge is 0.226 e. The molecule has 0 saturated heterocycles. The van der Waals surface area contributed by atoms with Crippen LogP contribution in [0, 0.1) is 5.82 Å². The molecule has 4 aromatic rings. The number of ether oxygens (including phenoxy) is 2. The van der Waals surface area contributed by atoms with E-state index in [1.54, 1.807) is 24.4 Å². The van der Waals surface area contributed by atoms with Gasteiger partial charge >= 0.3 is 0 Å². The van der Waals surface area contributed by atoms with E-state index in [9.17, 15) is 4.39 Å². The fraction of sp³-hybridized carbons (Fsp3) is 0.0952. The van der Waals surface area contributed by atoms with Crippen LogP contribution >= 0.6 is 11.6 Å². The lowest BCUT2D eigenvalue weighted by atomic mass is 10.2. The monoisotopic (exact) mass is 382 g/mol. The summed E-state index contributed by atoms with van der Waals surface area (Å²) in [5.74, 6) is 0.889. The molecule has 136 valence electrons. The predicted molar refractivity (Wildman–Crippen MR) is 103 cm³/mol. The van der Waals surface area contributed by atoms with Crippen LogP contribution in [0.1, 0.15) is 0 Å². The average molecular weight is 383 g/mol. The molecule has 0 saturated carbocycles. The molecule has 0 spiro atoms. The number of imidazole rings is 1. The van der Waals surface area contributed by atoms with E-state index < -0.39 is 0 Å². The number of rotatable bonds is 6. The van der Waals surface area contributed by atoms with Gasteiger partial charge in [0.2, 0.25) is 5.88 Å². The third-order valence-corrected chi connectivity index (χ3v) is 4.21. The molecule has 0 radical (unpaired) electrons. The summed E-state index contributed by atoms with van der Waals surface area (Å²) in [6.45, 7) is 0.616. The number of hydrogen-bond acceptors (Lipinski definition) is 3. The SMILES string of the molecule is Fc1ccc(OCCOc2c(-c3ccccc3)nc3ccc(Cl)cn23)cc1. The van der Waals surface area contributed by atoms with Gasteiger partial charge in [-0.3, -0.25) is 4.40 Å². The molecule has 27 heavy (non-hydrogen) atoms. The van der Waals surface area contributed by atoms with Gasteiger partial charge in [0.15, 0.2) is 0 Å². The minimum atomic E-state index is -0.297. The van der Waals surface area contributed by atoms with Crippen molar-refractivity contribution in [2.24, 2.45) is 0 Å². The molecule has 2 aromatic carbocycles. The molecule has 0 unspecified atom stereocenters. The summed E-state index contributed by atoms with van der Waals surface area (Å²) in [6.07, 6.45) is 1.77. The molecule has 4 rings (SSSR count). The van der Waals surface area contributed by atoms with E-state index in [1.165, 1.54) is 12.1 Å². The highest BCUT2D eigenvalue weighted by atomic mass is 35.5. The molecule has 0 bridgehead atoms. The summed E-state index contributed by atoms with van der Waals surface area (Å²) >= 11 is 6.14. The standard InChI is InChI=1S/C21H16ClFN2O2/c22-16-6-11-19-24-20(15-4-2-1-3-5-15)21(25(19)14-16)27-13-12-26-18-9-7-17(23)8-10-18/h1-11,14H,12-13H2. The summed E-state index contributed by atoms with van der Waals surface area (Å²) in [6, 6.07) is 19.3. The number of halogens is 2. The molecule has 0 aliphatic rings. The largest absolute Gasteiger partial charge is 0.490 e. The Morgan fingerprint density at radius 2 is 1.63 bits per heavy atom. The Kier molecular flexibility index (Phi) is 4.94. The van der Waals surface area contributed by atoms with E-state index in [4.69, 9.17) is 21.1 Å². The van der Waals surface area contributed by atoms with Crippen molar-refractivity contribution in [2.75, 3.05) is 13.2 Å². The Hall–Kier alpha value is -3.05. The predicted octanol–water partition coefficient (Wildman–Crippen LogP) is 5.25. The molecule has 0 amide bonds. The number of fused-ring (bicyclic) bond motifs is 1. The maximum absolute atomic E-state index is 12.9. The van der Waals surface area contributed by atoms with Crippen LogP contribution in [0.3, 0.4) is 0 Å². The third-order valence-electron chi connectivity index (χ3n) is 3.99. The lowest BCUT2D eigenvalue weighted by Crippen LogP contribution is -2.10. The van der Waals surface area contributed by atoms with E-state index in [0.717, 1.165) is 16.9 Å². The van der Waals surface area contributed by atoms with Crippen LogP contribution in [-0.4, -0.2) is 22.6 Å². The van der Waals surface area contributed by atoms with Crippen molar-refractivity contribution in [1.29, 1.82) is 0 Å². The fourth-order valence-electron chi connectivity index (χ4n) is 2.75. The summed E-state index contributed by atoms with van der Waals surface area (Å²) in [4.78, 5) is 4.67. The highest BCUT2D eigenvalue weighted by Gasteiger charge is 2.15. The highest BCUT2D eigenvalue weighted by molar-refractivity contribution is 6.30. The normalized spacial score (nSPS) is 10.9. The fourth-order valence-corrected chi connectivity index (χ4v) is 2.91. The van der Waals surface area contributed by atoms with Crippen LogP contribution in [0.2, 0.25) is 5.02 Å². The third kappa shape index (κ3) is 3.88. The van der Waals surface area contributed by atoms with E-state index in [1.807, 2.05) is 40.8 Å². The summed E-state index contributed by atoms with van der Waals surface area (Å²) in [5.41, 5.74) is 2.43. The quantitative estimate of drug-likeness (QED) is 0.427. The van der Waals surface area contributed by atoms with Crippen molar-refractivity contribution in [2.45, 2.75) is 0 Å². The van der Waals surface area contributed by atoms with Gasteiger partial charge in [-0.15, -0.1) is 0 Å². The molecular weight excluding hydrogens is 367 g/mol. The van der Waals surface area contributed by atoms with Crippen molar-refractivity contribution < 1.29 is 13.9 Å². The lowest BCUT2D eigenvalue weighted by molar-refractivity contribution is 0.211. The Balaban J connectivity index is 1.56. The maximum Gasteiger partial charge on any atom is 0.226 e. The Morgan fingerprint density at radius 1 is 0.889 bits per heavy atom. The highest BCUT2D eigenvalue weighted by Crippen LogP contribution is 2.31. The van der Waals surface area contributed by atoms with Crippen molar-refractivity contribution in [3.05, 3.63) is 83.8 Å². The lowest BCUT2D eigenvalue weighted by Gasteiger charge is -2.10. The zero-order valence-corrected chi connectivity index (χ0v) is 15.1. The molecule has 2 aromatic heterocycles. The Bertz CT molecular complexity index is 1050. The zero-order chi connectivity index (χ0) is 18.6. The molecule has 2 heterocycles. The second-order valence-electron chi connectivity index (χ2n) is 5.86. The minimum Gasteiger partial charge on any atom is -0.490 e. The number of nitrogens with zero attached hydrogens (tertiary/aromatic N) is 2. The van der Waals surface area contributed by atoms with Gasteiger partial charge in [0.25, 0.3) is 0 Å². The molecule has 0 atom stereocenters. The second kappa shape index (κ2) is 7.68. The van der Waals surface area contributed by atoms with Crippen LogP contribution in [0.25, 0.3) is 16.9 Å². The van der Waals surface area contributed by atoms with E-state index >= 15 is 0 Å². The van der Waals surface area contributed by atoms with Crippen LogP contribution in [0.4, 0.5) is 4.39 Å². The maximum atomic E-state index is 12.9. The van der Waals surface area contributed by atoms with Crippen LogP contribution in [-0.2, 0) is 0 Å². The van der Waals surface area contributed by atoms with Crippen LogP contribution in [0.5, 0.6) is 11.6 Å². The summed E-state index contributed by atoms with van der Waals surface area (Å²) < 4.78 is 26.4. The van der Waals surface area contributed by atoms with Gasteiger partial charge in [0.05, 0.1) is 5.02 Å². The van der Waals surface area contributed by atoms with E-state index in [-0.39, 0.29) is 5.82 Å². The van der Waals surface area contributed by atoms with Crippen LogP contribution < -0.4 is 9.47 Å². The first kappa shape index (κ1) is 17.4. The zero-order valence-electron chi connectivity index (χ0n) is 14.3. The first-order chi connectivity index (χ1) is 13.2. The molecular formula is C21H16ClFN2O2. The molecule has 0 fully saturated rings. The molecule has 0 aliphatic carbocycles. The number of pyridine rings is 1. The van der Waals surface area contributed by atoms with Gasteiger partial charge in [-0.2, -0.15) is 0 Å². The van der Waals surface area contributed by atoms with E-state index in [2.05, 4.69) is 4.98 Å². The van der Waals surface area contributed by atoms with Gasteiger partial charge in [-0.05, 0) is 36.4 Å². The van der Waals surface area contributed by atoms with E-state index in [0.29, 0.717) is 29.9 Å². The van der Waals surface area contributed by atoms with Crippen molar-refractivity contribution >= 4 is 17.2 Å². The Labute approximate surface area is 160 Å². The van der Waals surface area contributed by atoms with Crippen LogP contribution in [0.15, 0.2) is 72.9 Å². The topological polar surface area (TPSA) is 35.8 Å². The molecule has 6 heteroatoms. The molecule has 0 aliphatic heterocycles.